The van der Waals surface area contributed by atoms with Crippen LogP contribution in [-0.4, -0.2) is 62.3 Å². The van der Waals surface area contributed by atoms with Crippen LogP contribution in [0.15, 0.2) is 11.1 Å². The van der Waals surface area contributed by atoms with Crippen molar-refractivity contribution < 1.29 is 33.3 Å². The van der Waals surface area contributed by atoms with E-state index in [0.717, 1.165) is 0 Å². The minimum absolute atomic E-state index is 0.143. The van der Waals surface area contributed by atoms with E-state index in [0.29, 0.717) is 11.2 Å². The van der Waals surface area contributed by atoms with Crippen LogP contribution in [-0.2, 0) is 33.3 Å². The monoisotopic (exact) mass is 471 g/mol. The van der Waals surface area contributed by atoms with Crippen LogP contribution < -0.4 is 5.73 Å². The Kier molecular flexibility index (Phi) is 5.98. The minimum Gasteiger partial charge on any atom is -0.463 e. The number of ether oxygens (including phenoxy) is 4. The summed E-state index contributed by atoms with van der Waals surface area (Å²) in [6.45, 7) is 3.43. The number of halogens is 1. The molecule has 0 aliphatic carbocycles. The number of anilines is 1. The number of imidazole rings is 1. The molecule has 12 nitrogen and oxygen atoms in total. The molecule has 1 aliphatic rings. The number of nitrogens with zero attached hydrogens (tertiary/aromatic N) is 4. The molecule has 0 bridgehead atoms. The third-order valence-electron chi connectivity index (χ3n) is 4.06. The molecule has 29 heavy (non-hydrogen) atoms. The number of carbonyl (C=O) groups is 3. The van der Waals surface area contributed by atoms with Gasteiger partial charge in [-0.3, -0.25) is 19.0 Å². The van der Waals surface area contributed by atoms with Crippen molar-refractivity contribution in [1.82, 2.24) is 19.5 Å². The Labute approximate surface area is 172 Å². The van der Waals surface area contributed by atoms with E-state index in [4.69, 9.17) is 24.7 Å². The molecule has 2 N–H and O–H groups in total. The van der Waals surface area contributed by atoms with Gasteiger partial charge < -0.3 is 24.7 Å². The van der Waals surface area contributed by atoms with Gasteiger partial charge in [-0.15, -0.1) is 0 Å². The molecular weight excluding hydrogens is 454 g/mol. The van der Waals surface area contributed by atoms with Gasteiger partial charge in [0.1, 0.15) is 19.0 Å². The van der Waals surface area contributed by atoms with Gasteiger partial charge in [0.2, 0.25) is 0 Å². The standard InChI is InChI=1S/C16H18BrN5O7/c1-6(23)26-4-9-11(27-7(2)24)12(28-8(3)25)15(29-9)22-14-10(21-16(22)17)13(18)19-5-20-14/h5,9,11-12,15H,4H2,1-3H3,(H2,18,19,20)/t9-,11+,12+,15-/m1/s1. The van der Waals surface area contributed by atoms with Crippen molar-refractivity contribution in [3.05, 3.63) is 11.1 Å². The molecule has 2 aromatic heterocycles. The smallest absolute Gasteiger partial charge is 0.303 e. The maximum atomic E-state index is 11.7. The summed E-state index contributed by atoms with van der Waals surface area (Å²) in [6.07, 6.45) is -2.76. The first-order valence-electron chi connectivity index (χ1n) is 8.46. The number of rotatable bonds is 5. The fourth-order valence-corrected chi connectivity index (χ4v) is 3.57. The Morgan fingerprint density at radius 2 is 1.79 bits per heavy atom. The van der Waals surface area contributed by atoms with Crippen molar-refractivity contribution >= 4 is 50.8 Å². The van der Waals surface area contributed by atoms with Gasteiger partial charge in [0.05, 0.1) is 0 Å². The van der Waals surface area contributed by atoms with Gasteiger partial charge in [-0.25, -0.2) is 15.0 Å². The highest BCUT2D eigenvalue weighted by atomic mass is 79.9. The van der Waals surface area contributed by atoms with Crippen LogP contribution in [0.2, 0.25) is 0 Å². The first-order chi connectivity index (χ1) is 13.7. The van der Waals surface area contributed by atoms with Crippen LogP contribution >= 0.6 is 15.9 Å². The fourth-order valence-electron chi connectivity index (χ4n) is 3.03. The van der Waals surface area contributed by atoms with Crippen LogP contribution in [0.25, 0.3) is 11.2 Å². The lowest BCUT2D eigenvalue weighted by Crippen LogP contribution is -2.40. The molecule has 3 heterocycles. The van der Waals surface area contributed by atoms with Crippen molar-refractivity contribution in [3.63, 3.8) is 0 Å². The molecular formula is C16H18BrN5O7. The normalized spacial score (nSPS) is 23.7. The first-order valence-corrected chi connectivity index (χ1v) is 9.25. The van der Waals surface area contributed by atoms with E-state index in [1.54, 1.807) is 0 Å². The van der Waals surface area contributed by atoms with Crippen molar-refractivity contribution in [1.29, 1.82) is 0 Å². The highest BCUT2D eigenvalue weighted by molar-refractivity contribution is 9.10. The van der Waals surface area contributed by atoms with Crippen molar-refractivity contribution in [2.75, 3.05) is 12.3 Å². The van der Waals surface area contributed by atoms with Crippen molar-refractivity contribution in [3.8, 4) is 0 Å². The fraction of sp³-hybridized carbons (Fsp3) is 0.500. The van der Waals surface area contributed by atoms with E-state index >= 15 is 0 Å². The summed E-state index contributed by atoms with van der Waals surface area (Å²) in [5, 5.41) is 0. The number of hydrogen-bond donors (Lipinski definition) is 1. The summed E-state index contributed by atoms with van der Waals surface area (Å²) in [5.41, 5.74) is 6.46. The Bertz CT molecular complexity index is 965. The highest BCUT2D eigenvalue weighted by Crippen LogP contribution is 2.38. The summed E-state index contributed by atoms with van der Waals surface area (Å²) < 4.78 is 23.5. The second-order valence-electron chi connectivity index (χ2n) is 6.20. The maximum Gasteiger partial charge on any atom is 0.303 e. The zero-order chi connectivity index (χ0) is 21.3. The lowest BCUT2D eigenvalue weighted by atomic mass is 10.1. The molecule has 0 unspecified atom stereocenters. The number of esters is 3. The van der Waals surface area contributed by atoms with Crippen LogP contribution in [0.1, 0.15) is 27.0 Å². The molecule has 0 saturated carbocycles. The molecule has 1 fully saturated rings. The summed E-state index contributed by atoms with van der Waals surface area (Å²) in [4.78, 5) is 47.0. The third kappa shape index (κ3) is 4.29. The van der Waals surface area contributed by atoms with E-state index in [1.807, 2.05) is 0 Å². The molecule has 0 amide bonds. The van der Waals surface area contributed by atoms with E-state index in [1.165, 1.54) is 31.7 Å². The van der Waals surface area contributed by atoms with E-state index in [-0.39, 0.29) is 17.2 Å². The summed E-state index contributed by atoms with van der Waals surface area (Å²) in [7, 11) is 0. The summed E-state index contributed by atoms with van der Waals surface area (Å²) >= 11 is 3.32. The van der Waals surface area contributed by atoms with Gasteiger partial charge in [0, 0.05) is 20.8 Å². The van der Waals surface area contributed by atoms with Crippen LogP contribution in [0.3, 0.4) is 0 Å². The molecule has 0 spiro atoms. The van der Waals surface area contributed by atoms with E-state index < -0.39 is 42.4 Å². The van der Waals surface area contributed by atoms with Crippen LogP contribution in [0.5, 0.6) is 0 Å². The van der Waals surface area contributed by atoms with Gasteiger partial charge in [-0.2, -0.15) is 0 Å². The maximum absolute atomic E-state index is 11.7. The first kappa shape index (κ1) is 20.9. The minimum atomic E-state index is -1.07. The van der Waals surface area contributed by atoms with Crippen LogP contribution in [0, 0.1) is 0 Å². The zero-order valence-corrected chi connectivity index (χ0v) is 17.3. The Balaban J connectivity index is 2.07. The number of fused-ring (bicyclic) bond motifs is 1. The molecule has 1 saturated heterocycles. The summed E-state index contributed by atoms with van der Waals surface area (Å²) in [5.74, 6) is -1.64. The number of nitrogen functional groups attached to an aromatic ring is 1. The molecule has 3 rings (SSSR count). The van der Waals surface area contributed by atoms with Crippen LogP contribution in [0.4, 0.5) is 5.82 Å². The summed E-state index contributed by atoms with van der Waals surface area (Å²) in [6, 6.07) is 0. The van der Waals surface area contributed by atoms with E-state index in [9.17, 15) is 14.4 Å². The van der Waals surface area contributed by atoms with Gasteiger partial charge in [0.25, 0.3) is 0 Å². The van der Waals surface area contributed by atoms with Crippen molar-refractivity contribution in [2.24, 2.45) is 0 Å². The Hall–Kier alpha value is -2.80. The molecule has 156 valence electrons. The molecule has 2 aromatic rings. The molecule has 13 heteroatoms. The van der Waals surface area contributed by atoms with Gasteiger partial charge in [-0.05, 0) is 15.9 Å². The van der Waals surface area contributed by atoms with Gasteiger partial charge >= 0.3 is 17.9 Å². The number of carbonyl (C=O) groups excluding carboxylic acids is 3. The lowest BCUT2D eigenvalue weighted by Gasteiger charge is -2.24. The van der Waals surface area contributed by atoms with Crippen molar-refractivity contribution in [2.45, 2.75) is 45.3 Å². The highest BCUT2D eigenvalue weighted by Gasteiger charge is 2.51. The number of hydrogen-bond acceptors (Lipinski definition) is 11. The SMILES string of the molecule is CC(=O)OC[C@H]1O[C@@H](n2c(Br)nc3c(N)ncnc32)[C@@H](OC(C)=O)[C@H]1OC(C)=O. The lowest BCUT2D eigenvalue weighted by molar-refractivity contribution is -0.166. The Morgan fingerprint density at radius 1 is 1.14 bits per heavy atom. The van der Waals surface area contributed by atoms with E-state index in [2.05, 4.69) is 30.9 Å². The zero-order valence-electron chi connectivity index (χ0n) is 15.7. The largest absolute Gasteiger partial charge is 0.463 e. The predicted octanol–water partition coefficient (Wildman–Crippen LogP) is 0.495. The Morgan fingerprint density at radius 3 is 2.41 bits per heavy atom. The average Bonchev–Trinajstić information content (AvgIpc) is 3.11. The van der Waals surface area contributed by atoms with Gasteiger partial charge in [0.15, 0.2) is 40.2 Å². The van der Waals surface area contributed by atoms with Gasteiger partial charge in [-0.1, -0.05) is 0 Å². The molecule has 0 aromatic carbocycles. The topological polar surface area (TPSA) is 158 Å². The third-order valence-corrected chi connectivity index (χ3v) is 4.62. The molecule has 4 atom stereocenters. The quantitative estimate of drug-likeness (QED) is 0.367. The molecule has 0 radical (unpaired) electrons. The second-order valence-corrected chi connectivity index (χ2v) is 6.91. The second kappa shape index (κ2) is 8.29. The molecule has 1 aliphatic heterocycles. The average molecular weight is 472 g/mol. The number of aromatic nitrogens is 4. The predicted molar refractivity (Wildman–Crippen MR) is 99.1 cm³/mol. The number of nitrogens with two attached hydrogens (primary N) is 1.